The van der Waals surface area contributed by atoms with Gasteiger partial charge in [0.25, 0.3) is 11.8 Å². The quantitative estimate of drug-likeness (QED) is 0.363. The number of hydrogen-bond acceptors (Lipinski definition) is 8. The first-order valence-corrected chi connectivity index (χ1v) is 12.8. The molecule has 3 aromatic rings. The SMILES string of the molecule is NC(=O)c1c(NC(=O)COC(=O)c2ccc(SCc3cscn3)cc2)sc2c1CCCC2. The number of anilines is 1. The number of nitrogens with two attached hydrogens (primary N) is 1. The van der Waals surface area contributed by atoms with Crippen molar-refractivity contribution in [2.24, 2.45) is 5.73 Å². The van der Waals surface area contributed by atoms with Gasteiger partial charge in [-0.15, -0.1) is 34.4 Å². The van der Waals surface area contributed by atoms with E-state index in [9.17, 15) is 14.4 Å². The number of benzene rings is 1. The lowest BCUT2D eigenvalue weighted by Gasteiger charge is -2.11. The van der Waals surface area contributed by atoms with Crippen LogP contribution < -0.4 is 11.1 Å². The zero-order chi connectivity index (χ0) is 22.5. The molecule has 2 aromatic heterocycles. The van der Waals surface area contributed by atoms with E-state index in [1.54, 1.807) is 40.7 Å². The highest BCUT2D eigenvalue weighted by molar-refractivity contribution is 7.98. The van der Waals surface area contributed by atoms with Gasteiger partial charge < -0.3 is 15.8 Å². The largest absolute Gasteiger partial charge is 0.452 e. The highest BCUT2D eigenvalue weighted by Crippen LogP contribution is 2.37. The summed E-state index contributed by atoms with van der Waals surface area (Å²) in [7, 11) is 0. The average molecular weight is 488 g/mol. The molecule has 1 aliphatic carbocycles. The molecule has 7 nitrogen and oxygen atoms in total. The third kappa shape index (κ3) is 5.37. The number of carbonyl (C=O) groups excluding carboxylic acids is 3. The number of rotatable bonds is 8. The average Bonchev–Trinajstić information content (AvgIpc) is 3.43. The molecule has 0 fully saturated rings. The van der Waals surface area contributed by atoms with E-state index < -0.39 is 24.4 Å². The second-order valence-corrected chi connectivity index (χ2v) is 10.1. The molecule has 166 valence electrons. The van der Waals surface area contributed by atoms with Crippen LogP contribution >= 0.6 is 34.4 Å². The fourth-order valence-electron chi connectivity index (χ4n) is 3.45. The monoisotopic (exact) mass is 487 g/mol. The maximum Gasteiger partial charge on any atom is 0.338 e. The Morgan fingerprint density at radius 3 is 2.66 bits per heavy atom. The lowest BCUT2D eigenvalue weighted by atomic mass is 9.95. The number of nitrogens with one attached hydrogen (secondary N) is 1. The van der Waals surface area contributed by atoms with E-state index in [4.69, 9.17) is 10.5 Å². The minimum atomic E-state index is -0.586. The van der Waals surface area contributed by atoms with Gasteiger partial charge in [0.2, 0.25) is 0 Å². The number of carbonyl (C=O) groups is 3. The Balaban J connectivity index is 1.31. The maximum atomic E-state index is 12.3. The lowest BCUT2D eigenvalue weighted by molar-refractivity contribution is -0.119. The van der Waals surface area contributed by atoms with E-state index in [-0.39, 0.29) is 0 Å². The topological polar surface area (TPSA) is 111 Å². The molecule has 0 bridgehead atoms. The summed E-state index contributed by atoms with van der Waals surface area (Å²) in [5.41, 5.74) is 10.0. The van der Waals surface area contributed by atoms with Crippen LogP contribution in [0.15, 0.2) is 40.1 Å². The van der Waals surface area contributed by atoms with Crippen molar-refractivity contribution in [3.05, 3.63) is 62.4 Å². The zero-order valence-electron chi connectivity index (χ0n) is 17.1. The number of nitrogens with zero attached hydrogens (tertiary/aromatic N) is 1. The fourth-order valence-corrected chi connectivity index (χ4v) is 6.22. The first kappa shape index (κ1) is 22.5. The molecule has 2 amide bonds. The van der Waals surface area contributed by atoms with Gasteiger partial charge in [0.1, 0.15) is 5.00 Å². The summed E-state index contributed by atoms with van der Waals surface area (Å²) in [5, 5.41) is 5.13. The van der Waals surface area contributed by atoms with Crippen molar-refractivity contribution in [3.8, 4) is 0 Å². The van der Waals surface area contributed by atoms with Crippen LogP contribution in [-0.4, -0.2) is 29.4 Å². The highest BCUT2D eigenvalue weighted by Gasteiger charge is 2.25. The Morgan fingerprint density at radius 1 is 1.16 bits per heavy atom. The molecule has 10 heteroatoms. The normalized spacial score (nSPS) is 12.8. The van der Waals surface area contributed by atoms with E-state index in [0.717, 1.165) is 52.5 Å². The predicted molar refractivity (Wildman–Crippen MR) is 127 cm³/mol. The van der Waals surface area contributed by atoms with Gasteiger partial charge in [0.05, 0.1) is 22.3 Å². The van der Waals surface area contributed by atoms with E-state index in [1.807, 2.05) is 17.5 Å². The van der Waals surface area contributed by atoms with Crippen LogP contribution in [0.5, 0.6) is 0 Å². The van der Waals surface area contributed by atoms with E-state index in [0.29, 0.717) is 16.1 Å². The molecule has 0 spiro atoms. The Labute approximate surface area is 197 Å². The number of thiazole rings is 1. The zero-order valence-corrected chi connectivity index (χ0v) is 19.5. The van der Waals surface area contributed by atoms with Crippen LogP contribution in [0.25, 0.3) is 0 Å². The third-order valence-electron chi connectivity index (χ3n) is 4.97. The van der Waals surface area contributed by atoms with Crippen molar-refractivity contribution in [2.45, 2.75) is 36.3 Å². The number of ether oxygens (including phenoxy) is 1. The number of thioether (sulfide) groups is 1. The number of aryl methyl sites for hydroxylation is 1. The van der Waals surface area contributed by atoms with Crippen LogP contribution in [0.1, 0.15) is 49.7 Å². The summed E-state index contributed by atoms with van der Waals surface area (Å²) in [6, 6.07) is 7.01. The molecule has 1 aromatic carbocycles. The Kier molecular flexibility index (Phi) is 7.23. The third-order valence-corrected chi connectivity index (χ3v) is 7.85. The van der Waals surface area contributed by atoms with Crippen molar-refractivity contribution in [1.82, 2.24) is 4.98 Å². The van der Waals surface area contributed by atoms with E-state index >= 15 is 0 Å². The van der Waals surface area contributed by atoms with Crippen molar-refractivity contribution in [2.75, 3.05) is 11.9 Å². The molecule has 1 aliphatic rings. The molecular weight excluding hydrogens is 466 g/mol. The van der Waals surface area contributed by atoms with Crippen LogP contribution in [-0.2, 0) is 28.1 Å². The van der Waals surface area contributed by atoms with Gasteiger partial charge in [0.15, 0.2) is 6.61 Å². The van der Waals surface area contributed by atoms with E-state index in [1.165, 1.54) is 11.3 Å². The molecule has 2 heterocycles. The van der Waals surface area contributed by atoms with Crippen LogP contribution in [0.4, 0.5) is 5.00 Å². The van der Waals surface area contributed by atoms with Crippen LogP contribution in [0.2, 0.25) is 0 Å². The minimum absolute atomic E-state index is 0.361. The molecule has 4 rings (SSSR count). The number of esters is 1. The van der Waals surface area contributed by atoms with Gasteiger partial charge in [-0.25, -0.2) is 9.78 Å². The Bertz CT molecular complexity index is 1120. The summed E-state index contributed by atoms with van der Waals surface area (Å²) in [6.07, 6.45) is 3.71. The second kappa shape index (κ2) is 10.3. The van der Waals surface area contributed by atoms with Gasteiger partial charge in [-0.05, 0) is 55.5 Å². The van der Waals surface area contributed by atoms with Gasteiger partial charge >= 0.3 is 5.97 Å². The lowest BCUT2D eigenvalue weighted by Crippen LogP contribution is -2.23. The summed E-state index contributed by atoms with van der Waals surface area (Å²) in [4.78, 5) is 42.9. The fraction of sp³-hybridized carbons (Fsp3) is 0.273. The molecule has 0 unspecified atom stereocenters. The highest BCUT2D eigenvalue weighted by atomic mass is 32.2. The molecule has 0 aliphatic heterocycles. The first-order valence-electron chi connectivity index (χ1n) is 10.0. The summed E-state index contributed by atoms with van der Waals surface area (Å²) < 4.78 is 5.15. The summed E-state index contributed by atoms with van der Waals surface area (Å²) in [6.45, 7) is -0.445. The van der Waals surface area contributed by atoms with Crippen molar-refractivity contribution >= 4 is 57.2 Å². The second-order valence-electron chi connectivity index (χ2n) is 7.20. The minimum Gasteiger partial charge on any atom is -0.452 e. The van der Waals surface area contributed by atoms with Gasteiger partial charge in [-0.2, -0.15) is 0 Å². The molecule has 0 saturated heterocycles. The summed E-state index contributed by atoms with van der Waals surface area (Å²) in [5.74, 6) is -0.886. The smallest absolute Gasteiger partial charge is 0.338 e. The predicted octanol–water partition coefficient (Wildman–Crippen LogP) is 4.27. The van der Waals surface area contributed by atoms with E-state index in [2.05, 4.69) is 10.3 Å². The van der Waals surface area contributed by atoms with Crippen molar-refractivity contribution < 1.29 is 19.1 Å². The molecule has 0 saturated carbocycles. The van der Waals surface area contributed by atoms with Crippen LogP contribution in [0.3, 0.4) is 0 Å². The molecule has 32 heavy (non-hydrogen) atoms. The molecule has 0 atom stereocenters. The maximum absolute atomic E-state index is 12.3. The van der Waals surface area contributed by atoms with Gasteiger partial charge in [-0.1, -0.05) is 0 Å². The van der Waals surface area contributed by atoms with Gasteiger partial charge in [-0.3, -0.25) is 9.59 Å². The van der Waals surface area contributed by atoms with Crippen LogP contribution in [0, 0.1) is 0 Å². The Morgan fingerprint density at radius 2 is 1.94 bits per heavy atom. The number of aromatic nitrogens is 1. The van der Waals surface area contributed by atoms with Gasteiger partial charge in [0, 0.05) is 20.9 Å². The number of amides is 2. The number of hydrogen-bond donors (Lipinski definition) is 2. The number of primary amides is 1. The first-order chi connectivity index (χ1) is 15.5. The molecule has 3 N–H and O–H groups in total. The standard InChI is InChI=1S/C22H21N3O4S3/c23-20(27)19-16-3-1-2-4-17(16)32-21(19)25-18(26)9-29-22(28)13-5-7-15(8-6-13)31-11-14-10-30-12-24-14/h5-8,10,12H,1-4,9,11H2,(H2,23,27)(H,25,26). The number of thiophene rings is 1. The van der Waals surface area contributed by atoms with Crippen molar-refractivity contribution in [3.63, 3.8) is 0 Å². The molecule has 0 radical (unpaired) electrons. The van der Waals surface area contributed by atoms with Crippen molar-refractivity contribution in [1.29, 1.82) is 0 Å². The number of fused-ring (bicyclic) bond motifs is 1. The Hall–Kier alpha value is -2.69. The summed E-state index contributed by atoms with van der Waals surface area (Å²) >= 11 is 4.56. The molecular formula is C22H21N3O4S3.